The topological polar surface area (TPSA) is 3.24 Å². The van der Waals surface area contributed by atoms with E-state index < -0.39 is 0 Å². The third kappa shape index (κ3) is 5.27. The lowest BCUT2D eigenvalue weighted by Gasteiger charge is -2.42. The zero-order chi connectivity index (χ0) is 35.8. The highest BCUT2D eigenvalue weighted by atomic mass is 15.1. The molecule has 0 heterocycles. The monoisotopic (exact) mass is 677 g/mol. The molecule has 0 fully saturated rings. The summed E-state index contributed by atoms with van der Waals surface area (Å²) in [5.41, 5.74) is 20.5. The van der Waals surface area contributed by atoms with Gasteiger partial charge in [-0.2, -0.15) is 0 Å². The Morgan fingerprint density at radius 2 is 1.04 bits per heavy atom. The Morgan fingerprint density at radius 3 is 1.75 bits per heavy atom. The van der Waals surface area contributed by atoms with E-state index in [0.29, 0.717) is 0 Å². The van der Waals surface area contributed by atoms with Crippen LogP contribution in [0.5, 0.6) is 0 Å². The van der Waals surface area contributed by atoms with E-state index in [9.17, 15) is 0 Å². The molecule has 3 aliphatic carbocycles. The summed E-state index contributed by atoms with van der Waals surface area (Å²) in [6.07, 6.45) is 7.22. The van der Waals surface area contributed by atoms with Crippen molar-refractivity contribution in [3.05, 3.63) is 161 Å². The SMILES string of the molecule is CC1(C)CCC(C)(C)c2cc(N(c3ccccc3)c3cc4c(cc3-c3cc5c(cc3-c3ccccc3)CCCC5)-c3ccccc3C4(C)C)ccc21. The van der Waals surface area contributed by atoms with E-state index in [1.807, 2.05) is 0 Å². The maximum atomic E-state index is 2.57. The van der Waals surface area contributed by atoms with E-state index in [-0.39, 0.29) is 16.2 Å². The van der Waals surface area contributed by atoms with E-state index in [0.717, 1.165) is 12.8 Å². The second-order valence-electron chi connectivity index (χ2n) is 17.5. The number of rotatable bonds is 5. The van der Waals surface area contributed by atoms with Crippen LogP contribution >= 0.6 is 0 Å². The number of para-hydroxylation sites is 1. The van der Waals surface area contributed by atoms with E-state index in [4.69, 9.17) is 0 Å². The molecule has 0 amide bonds. The quantitative estimate of drug-likeness (QED) is 0.176. The van der Waals surface area contributed by atoms with Gasteiger partial charge in [-0.25, -0.2) is 0 Å². The molecule has 9 rings (SSSR count). The van der Waals surface area contributed by atoms with Gasteiger partial charge in [0.15, 0.2) is 0 Å². The Hall–Kier alpha value is -4.88. The van der Waals surface area contributed by atoms with Crippen LogP contribution in [0, 0.1) is 0 Å². The summed E-state index contributed by atoms with van der Waals surface area (Å²) in [6.45, 7) is 14.6. The average Bonchev–Trinajstić information content (AvgIpc) is 3.39. The molecule has 1 nitrogen and oxygen atoms in total. The molecule has 6 aromatic carbocycles. The van der Waals surface area contributed by atoms with Gasteiger partial charge < -0.3 is 4.90 Å². The van der Waals surface area contributed by atoms with E-state index >= 15 is 0 Å². The van der Waals surface area contributed by atoms with Crippen LogP contribution in [-0.2, 0) is 29.1 Å². The Balaban J connectivity index is 1.38. The second kappa shape index (κ2) is 12.1. The molecule has 260 valence electrons. The van der Waals surface area contributed by atoms with E-state index in [1.54, 1.807) is 0 Å². The van der Waals surface area contributed by atoms with Crippen LogP contribution < -0.4 is 4.90 Å². The summed E-state index contributed by atoms with van der Waals surface area (Å²) in [4.78, 5) is 2.57. The Kier molecular flexibility index (Phi) is 7.67. The van der Waals surface area contributed by atoms with Crippen molar-refractivity contribution >= 4 is 17.1 Å². The fourth-order valence-corrected chi connectivity index (χ4v) is 9.72. The molecule has 3 aliphatic rings. The minimum Gasteiger partial charge on any atom is -0.310 e. The van der Waals surface area contributed by atoms with Crippen molar-refractivity contribution in [1.29, 1.82) is 0 Å². The van der Waals surface area contributed by atoms with Crippen LogP contribution in [0.1, 0.15) is 101 Å². The molecule has 0 N–H and O–H groups in total. The lowest BCUT2D eigenvalue weighted by molar-refractivity contribution is 0.332. The van der Waals surface area contributed by atoms with E-state index in [2.05, 4.69) is 174 Å². The third-order valence-electron chi connectivity index (χ3n) is 12.9. The minimum absolute atomic E-state index is 0.104. The molecule has 0 atom stereocenters. The molecule has 0 bridgehead atoms. The Morgan fingerprint density at radius 1 is 0.423 bits per heavy atom. The van der Waals surface area contributed by atoms with Crippen molar-refractivity contribution in [3.63, 3.8) is 0 Å². The first-order valence-corrected chi connectivity index (χ1v) is 19.5. The molecule has 0 saturated heterocycles. The lowest BCUT2D eigenvalue weighted by Crippen LogP contribution is -2.34. The first-order chi connectivity index (χ1) is 25.0. The van der Waals surface area contributed by atoms with Crippen LogP contribution in [0.4, 0.5) is 17.1 Å². The molecule has 52 heavy (non-hydrogen) atoms. The maximum Gasteiger partial charge on any atom is 0.0543 e. The highest BCUT2D eigenvalue weighted by Crippen LogP contribution is 2.55. The van der Waals surface area contributed by atoms with Crippen LogP contribution in [0.25, 0.3) is 33.4 Å². The van der Waals surface area contributed by atoms with Crippen molar-refractivity contribution < 1.29 is 0 Å². The summed E-state index contributed by atoms with van der Waals surface area (Å²) in [7, 11) is 0. The molecule has 0 aliphatic heterocycles. The van der Waals surface area contributed by atoms with Crippen LogP contribution in [0.15, 0.2) is 127 Å². The molecule has 6 aromatic rings. The van der Waals surface area contributed by atoms with Gasteiger partial charge in [0.05, 0.1) is 5.69 Å². The first kappa shape index (κ1) is 33.0. The number of anilines is 3. The number of aryl methyl sites for hydroxylation is 2. The van der Waals surface area contributed by atoms with Gasteiger partial charge in [-0.15, -0.1) is 0 Å². The molecule has 0 unspecified atom stereocenters. The van der Waals surface area contributed by atoms with Crippen molar-refractivity contribution in [3.8, 4) is 33.4 Å². The van der Waals surface area contributed by atoms with Crippen LogP contribution in [0.3, 0.4) is 0 Å². The molecular weight excluding hydrogens is 627 g/mol. The van der Waals surface area contributed by atoms with E-state index in [1.165, 1.54) is 110 Å². The van der Waals surface area contributed by atoms with Crippen molar-refractivity contribution in [2.24, 2.45) is 0 Å². The summed E-state index contributed by atoms with van der Waals surface area (Å²) < 4.78 is 0. The minimum atomic E-state index is -0.123. The summed E-state index contributed by atoms with van der Waals surface area (Å²) in [5, 5.41) is 0. The molecule has 0 radical (unpaired) electrons. The predicted octanol–water partition coefficient (Wildman–Crippen LogP) is 14.0. The van der Waals surface area contributed by atoms with Gasteiger partial charge in [0.1, 0.15) is 0 Å². The van der Waals surface area contributed by atoms with Gasteiger partial charge in [-0.05, 0) is 147 Å². The number of hydrogen-bond acceptors (Lipinski definition) is 1. The first-order valence-electron chi connectivity index (χ1n) is 19.5. The number of hydrogen-bond donors (Lipinski definition) is 0. The fraction of sp³-hybridized carbons (Fsp3) is 0.294. The standard InChI is InChI=1S/C51H51N/c1-49(2)27-28-50(3,4)47-31-38(25-26-45(47)49)52(37-21-11-8-12-22-37)48-33-46-42(39-23-15-16-24-44(39)51(46,5)6)32-43(48)41-30-36-20-14-13-19-35(36)29-40(41)34-17-9-7-10-18-34/h7-12,15-18,21-26,29-33H,13-14,19-20,27-28H2,1-6H3. The third-order valence-corrected chi connectivity index (χ3v) is 12.9. The fourth-order valence-electron chi connectivity index (χ4n) is 9.72. The highest BCUT2D eigenvalue weighted by molar-refractivity contribution is 5.98. The van der Waals surface area contributed by atoms with Crippen molar-refractivity contribution in [1.82, 2.24) is 0 Å². The largest absolute Gasteiger partial charge is 0.310 e. The van der Waals surface area contributed by atoms with Crippen LogP contribution in [0.2, 0.25) is 0 Å². The average molecular weight is 678 g/mol. The van der Waals surface area contributed by atoms with Gasteiger partial charge in [0.25, 0.3) is 0 Å². The smallest absolute Gasteiger partial charge is 0.0543 e. The van der Waals surface area contributed by atoms with Crippen LogP contribution in [-0.4, -0.2) is 0 Å². The summed E-state index contributed by atoms with van der Waals surface area (Å²) in [5.74, 6) is 0. The molecule has 0 saturated carbocycles. The number of fused-ring (bicyclic) bond motifs is 5. The number of benzene rings is 6. The zero-order valence-corrected chi connectivity index (χ0v) is 31.8. The summed E-state index contributed by atoms with van der Waals surface area (Å²) in [6, 6.07) is 48.9. The molecule has 0 aromatic heterocycles. The second-order valence-corrected chi connectivity index (χ2v) is 17.5. The molecule has 1 heteroatoms. The lowest BCUT2D eigenvalue weighted by atomic mass is 9.63. The molecular formula is C51H51N. The summed E-state index contributed by atoms with van der Waals surface area (Å²) >= 11 is 0. The highest BCUT2D eigenvalue weighted by Gasteiger charge is 2.39. The number of nitrogens with zero attached hydrogens (tertiary/aromatic N) is 1. The Labute approximate surface area is 311 Å². The maximum absolute atomic E-state index is 2.57. The Bertz CT molecular complexity index is 2320. The van der Waals surface area contributed by atoms with Gasteiger partial charge in [0, 0.05) is 22.4 Å². The zero-order valence-electron chi connectivity index (χ0n) is 31.8. The van der Waals surface area contributed by atoms with Gasteiger partial charge in [-0.1, -0.05) is 133 Å². The normalized spacial score (nSPS) is 17.4. The predicted molar refractivity (Wildman–Crippen MR) is 221 cm³/mol. The van der Waals surface area contributed by atoms with Gasteiger partial charge in [-0.3, -0.25) is 0 Å². The molecule has 0 spiro atoms. The van der Waals surface area contributed by atoms with Crippen molar-refractivity contribution in [2.45, 2.75) is 96.3 Å². The van der Waals surface area contributed by atoms with Gasteiger partial charge >= 0.3 is 0 Å². The van der Waals surface area contributed by atoms with Crippen molar-refractivity contribution in [2.75, 3.05) is 4.90 Å². The van der Waals surface area contributed by atoms with Gasteiger partial charge in [0.2, 0.25) is 0 Å².